The molecule has 0 aromatic heterocycles. The van der Waals surface area contributed by atoms with E-state index in [0.717, 1.165) is 0 Å². The Hall–Kier alpha value is -0.220. The largest absolute Gasteiger partial charge is 0.550 e. The van der Waals surface area contributed by atoms with Gasteiger partial charge in [0.15, 0.2) is 0 Å². The van der Waals surface area contributed by atoms with Crippen LogP contribution in [0.15, 0.2) is 0 Å². The van der Waals surface area contributed by atoms with Crippen molar-refractivity contribution in [3.8, 4) is 0 Å². The average molecular weight is 362 g/mol. The van der Waals surface area contributed by atoms with Crippen molar-refractivity contribution in [3.63, 3.8) is 0 Å². The number of quaternary nitrogens is 1. The predicted molar refractivity (Wildman–Crippen MR) is 107 cm³/mol. The Morgan fingerprint density at radius 3 is 1.29 bits per heavy atom. The van der Waals surface area contributed by atoms with Crippen LogP contribution in [0, 0.1) is 0 Å². The predicted octanol–water partition coefficient (Wildman–Crippen LogP) is 4.49. The van der Waals surface area contributed by atoms with Crippen LogP contribution in [0.1, 0.15) is 85.5 Å². The highest BCUT2D eigenvalue weighted by atomic mass is 32.2. The van der Waals surface area contributed by atoms with Crippen molar-refractivity contribution in [2.45, 2.75) is 85.5 Å². The molecule has 146 valence electrons. The second-order valence-electron chi connectivity index (χ2n) is 6.77. The maximum atomic E-state index is 9.63. The third-order valence-electron chi connectivity index (χ3n) is 4.45. The molecule has 0 bridgehead atoms. The van der Waals surface area contributed by atoms with E-state index in [1.807, 2.05) is 6.26 Å². The molecule has 0 amide bonds. The summed E-state index contributed by atoms with van der Waals surface area (Å²) < 4.78 is 1.42. The zero-order valence-corrected chi connectivity index (χ0v) is 17.9. The highest BCUT2D eigenvalue weighted by Crippen LogP contribution is 2.16. The number of carbonyl (C=O) groups excluding carboxylic acids is 1. The number of thioether (sulfide) groups is 1. The molecule has 0 aromatic carbocycles. The molecule has 0 fully saturated rings. The van der Waals surface area contributed by atoms with Gasteiger partial charge in [-0.2, -0.15) is 11.8 Å². The SMILES string of the molecule is CCCC[N+](CCCC)(CCCC)CCCC.CSCCC(=O)[O-]. The number of aliphatic carboxylic acids is 1. The van der Waals surface area contributed by atoms with Crippen LogP contribution in [-0.2, 0) is 4.79 Å². The lowest BCUT2D eigenvalue weighted by Gasteiger charge is -2.39. The van der Waals surface area contributed by atoms with Crippen molar-refractivity contribution in [2.75, 3.05) is 38.2 Å². The molecular formula is C20H43NO2S. The Balaban J connectivity index is 0. The molecule has 0 aliphatic carbocycles. The zero-order chi connectivity index (χ0) is 18.7. The van der Waals surface area contributed by atoms with Gasteiger partial charge in [0.05, 0.1) is 26.2 Å². The Labute approximate surface area is 156 Å². The highest BCUT2D eigenvalue weighted by Gasteiger charge is 2.24. The van der Waals surface area contributed by atoms with E-state index in [4.69, 9.17) is 0 Å². The topological polar surface area (TPSA) is 40.1 Å². The third-order valence-corrected chi connectivity index (χ3v) is 5.07. The van der Waals surface area contributed by atoms with E-state index in [9.17, 15) is 9.90 Å². The van der Waals surface area contributed by atoms with E-state index >= 15 is 0 Å². The number of carboxylic acid groups (broad SMARTS) is 1. The molecule has 0 saturated heterocycles. The number of carbonyl (C=O) groups is 1. The van der Waals surface area contributed by atoms with E-state index in [2.05, 4.69) is 27.7 Å². The number of carboxylic acids is 1. The Morgan fingerprint density at radius 1 is 0.792 bits per heavy atom. The minimum Gasteiger partial charge on any atom is -0.550 e. The molecule has 4 heteroatoms. The van der Waals surface area contributed by atoms with Crippen LogP contribution < -0.4 is 5.11 Å². The van der Waals surface area contributed by atoms with Crippen molar-refractivity contribution in [2.24, 2.45) is 0 Å². The van der Waals surface area contributed by atoms with Gasteiger partial charge >= 0.3 is 0 Å². The first-order valence-corrected chi connectivity index (χ1v) is 11.4. The van der Waals surface area contributed by atoms with Gasteiger partial charge in [-0.3, -0.25) is 0 Å². The Bertz CT molecular complexity index is 235. The fraction of sp³-hybridized carbons (Fsp3) is 0.950. The molecular weight excluding hydrogens is 318 g/mol. The molecule has 0 aliphatic heterocycles. The number of hydrogen-bond donors (Lipinski definition) is 0. The average Bonchev–Trinajstić information content (AvgIpc) is 2.59. The number of nitrogens with zero attached hydrogens (tertiary/aromatic N) is 1. The fourth-order valence-electron chi connectivity index (χ4n) is 2.83. The van der Waals surface area contributed by atoms with E-state index in [0.29, 0.717) is 5.75 Å². The first kappa shape index (κ1) is 26.0. The van der Waals surface area contributed by atoms with E-state index < -0.39 is 5.97 Å². The minimum atomic E-state index is -0.964. The van der Waals surface area contributed by atoms with Gasteiger partial charge in [0.25, 0.3) is 0 Å². The zero-order valence-electron chi connectivity index (χ0n) is 17.1. The number of hydrogen-bond acceptors (Lipinski definition) is 3. The maximum Gasteiger partial charge on any atom is 0.0786 e. The van der Waals surface area contributed by atoms with Gasteiger partial charge in [0, 0.05) is 5.97 Å². The van der Waals surface area contributed by atoms with E-state index in [-0.39, 0.29) is 6.42 Å². The van der Waals surface area contributed by atoms with Gasteiger partial charge < -0.3 is 14.4 Å². The summed E-state index contributed by atoms with van der Waals surface area (Å²) in [6, 6.07) is 0. The van der Waals surface area contributed by atoms with Gasteiger partial charge in [-0.1, -0.05) is 53.4 Å². The molecule has 24 heavy (non-hydrogen) atoms. The van der Waals surface area contributed by atoms with E-state index in [1.165, 1.54) is 93.8 Å². The summed E-state index contributed by atoms with van der Waals surface area (Å²) in [6.45, 7) is 15.0. The molecule has 0 atom stereocenters. The summed E-state index contributed by atoms with van der Waals surface area (Å²) in [5.74, 6) is -0.308. The van der Waals surface area contributed by atoms with Gasteiger partial charge in [0.1, 0.15) is 0 Å². The molecule has 0 aromatic rings. The van der Waals surface area contributed by atoms with Crippen molar-refractivity contribution in [1.29, 1.82) is 0 Å². The van der Waals surface area contributed by atoms with Gasteiger partial charge in [-0.15, -0.1) is 0 Å². The minimum absolute atomic E-state index is 0.168. The van der Waals surface area contributed by atoms with Crippen LogP contribution in [0.2, 0.25) is 0 Å². The van der Waals surface area contributed by atoms with Crippen molar-refractivity contribution in [3.05, 3.63) is 0 Å². The maximum absolute atomic E-state index is 9.63. The van der Waals surface area contributed by atoms with Crippen LogP contribution in [-0.4, -0.2) is 48.6 Å². The fourth-order valence-corrected chi connectivity index (χ4v) is 3.20. The summed E-state index contributed by atoms with van der Waals surface area (Å²) in [6.07, 6.45) is 13.1. The smallest absolute Gasteiger partial charge is 0.0786 e. The molecule has 0 spiro atoms. The van der Waals surface area contributed by atoms with Crippen LogP contribution in [0.5, 0.6) is 0 Å². The Morgan fingerprint density at radius 2 is 1.12 bits per heavy atom. The monoisotopic (exact) mass is 361 g/mol. The molecule has 0 radical (unpaired) electrons. The molecule has 0 rings (SSSR count). The number of rotatable bonds is 15. The third kappa shape index (κ3) is 16.6. The van der Waals surface area contributed by atoms with Crippen molar-refractivity contribution >= 4 is 17.7 Å². The van der Waals surface area contributed by atoms with Crippen LogP contribution >= 0.6 is 11.8 Å². The molecule has 0 heterocycles. The van der Waals surface area contributed by atoms with Crippen LogP contribution in [0.25, 0.3) is 0 Å². The molecule has 0 N–H and O–H groups in total. The van der Waals surface area contributed by atoms with Crippen LogP contribution in [0.4, 0.5) is 0 Å². The van der Waals surface area contributed by atoms with E-state index in [1.54, 1.807) is 0 Å². The summed E-state index contributed by atoms with van der Waals surface area (Å²) in [7, 11) is 0. The summed E-state index contributed by atoms with van der Waals surface area (Å²) in [5.41, 5.74) is 0. The first-order chi connectivity index (χ1) is 11.5. The van der Waals surface area contributed by atoms with Gasteiger partial charge in [0.2, 0.25) is 0 Å². The standard InChI is InChI=1S/C16H36N.C4H8O2S/c1-5-9-13-17(14-10-6-2,15-11-7-3)16-12-8-4;1-7-3-2-4(5)6/h5-16H2,1-4H3;2-3H2,1H3,(H,5,6)/q+1;/p-1. The second-order valence-corrected chi connectivity index (χ2v) is 7.75. The van der Waals surface area contributed by atoms with Gasteiger partial charge in [-0.05, 0) is 44.1 Å². The number of unbranched alkanes of at least 4 members (excludes halogenated alkanes) is 4. The normalized spacial score (nSPS) is 11.0. The Kier molecular flexibility index (Phi) is 20.7. The highest BCUT2D eigenvalue weighted by molar-refractivity contribution is 7.98. The lowest BCUT2D eigenvalue weighted by molar-refractivity contribution is -0.929. The van der Waals surface area contributed by atoms with Crippen LogP contribution in [0.3, 0.4) is 0 Å². The summed E-state index contributed by atoms with van der Waals surface area (Å²) >= 11 is 1.51. The lowest BCUT2D eigenvalue weighted by Crippen LogP contribution is -2.50. The summed E-state index contributed by atoms with van der Waals surface area (Å²) in [4.78, 5) is 9.63. The second kappa shape index (κ2) is 19.1. The molecule has 0 saturated carbocycles. The molecule has 0 aliphatic rings. The molecule has 0 unspecified atom stereocenters. The molecule has 3 nitrogen and oxygen atoms in total. The first-order valence-electron chi connectivity index (χ1n) is 10.1. The summed E-state index contributed by atoms with van der Waals surface area (Å²) in [5, 5.41) is 9.63. The van der Waals surface area contributed by atoms with Crippen molar-refractivity contribution in [1.82, 2.24) is 0 Å². The van der Waals surface area contributed by atoms with Crippen molar-refractivity contribution < 1.29 is 14.4 Å². The lowest BCUT2D eigenvalue weighted by atomic mass is 10.1. The quantitative estimate of drug-likeness (QED) is 0.403. The van der Waals surface area contributed by atoms with Gasteiger partial charge in [-0.25, -0.2) is 0 Å².